The van der Waals surface area contributed by atoms with Crippen molar-refractivity contribution < 1.29 is 14.3 Å². The molecular formula is C21H21N5O3. The topological polar surface area (TPSA) is 91.2 Å². The van der Waals surface area contributed by atoms with E-state index >= 15 is 0 Å². The molecule has 1 N–H and O–H groups in total. The SMILES string of the molecule is CC(=O)O[C@H]1Cc2ccccc2[C@H]1Nc1ncnc2c1ncn2[C@H]1[CH][CH][C@@H](C)O1. The summed E-state index contributed by atoms with van der Waals surface area (Å²) in [4.78, 5) is 25.0. The third-order valence-electron chi connectivity index (χ3n) is 5.33. The first kappa shape index (κ1) is 18.1. The van der Waals surface area contributed by atoms with Gasteiger partial charge in [-0.05, 0) is 24.5 Å². The van der Waals surface area contributed by atoms with Gasteiger partial charge in [-0.2, -0.15) is 0 Å². The number of hydrogen-bond acceptors (Lipinski definition) is 7. The van der Waals surface area contributed by atoms with Crippen molar-refractivity contribution in [1.29, 1.82) is 0 Å². The van der Waals surface area contributed by atoms with E-state index < -0.39 is 0 Å². The molecule has 0 saturated carbocycles. The van der Waals surface area contributed by atoms with Crippen LogP contribution in [0.2, 0.25) is 0 Å². The van der Waals surface area contributed by atoms with Crippen LogP contribution in [0.25, 0.3) is 11.2 Å². The van der Waals surface area contributed by atoms with Crippen LogP contribution in [0.4, 0.5) is 5.82 Å². The van der Waals surface area contributed by atoms with E-state index in [0.717, 1.165) is 11.1 Å². The van der Waals surface area contributed by atoms with Crippen LogP contribution in [0.15, 0.2) is 36.9 Å². The highest BCUT2D eigenvalue weighted by Crippen LogP contribution is 2.37. The van der Waals surface area contributed by atoms with E-state index in [4.69, 9.17) is 9.47 Å². The Bertz CT molecular complexity index is 1070. The number of fused-ring (bicyclic) bond motifs is 2. The summed E-state index contributed by atoms with van der Waals surface area (Å²) >= 11 is 0. The summed E-state index contributed by atoms with van der Waals surface area (Å²) in [6.07, 6.45) is 7.39. The molecule has 3 heterocycles. The fourth-order valence-corrected chi connectivity index (χ4v) is 4.06. The van der Waals surface area contributed by atoms with Gasteiger partial charge < -0.3 is 14.8 Å². The zero-order chi connectivity index (χ0) is 20.0. The van der Waals surface area contributed by atoms with Gasteiger partial charge in [-0.3, -0.25) is 9.36 Å². The van der Waals surface area contributed by atoms with Crippen molar-refractivity contribution in [2.45, 2.75) is 44.7 Å². The minimum atomic E-state index is -0.307. The number of anilines is 1. The van der Waals surface area contributed by atoms with Crippen LogP contribution in [-0.4, -0.2) is 37.7 Å². The fraction of sp³-hybridized carbons (Fsp3) is 0.333. The molecule has 2 radical (unpaired) electrons. The van der Waals surface area contributed by atoms with Gasteiger partial charge in [-0.15, -0.1) is 0 Å². The summed E-state index contributed by atoms with van der Waals surface area (Å²) in [6.45, 7) is 3.42. The Labute approximate surface area is 168 Å². The lowest BCUT2D eigenvalue weighted by molar-refractivity contribution is -0.146. The molecule has 1 aliphatic carbocycles. The van der Waals surface area contributed by atoms with E-state index in [1.54, 1.807) is 6.33 Å². The van der Waals surface area contributed by atoms with Gasteiger partial charge in [-0.25, -0.2) is 15.0 Å². The second-order valence-corrected chi connectivity index (χ2v) is 7.34. The summed E-state index contributed by atoms with van der Waals surface area (Å²) in [5.74, 6) is 0.300. The van der Waals surface area contributed by atoms with Gasteiger partial charge in [0.15, 0.2) is 17.0 Å². The molecule has 1 fully saturated rings. The molecule has 1 aliphatic heterocycles. The molecule has 2 aliphatic rings. The highest BCUT2D eigenvalue weighted by molar-refractivity contribution is 5.83. The Morgan fingerprint density at radius 2 is 2.10 bits per heavy atom. The third-order valence-corrected chi connectivity index (χ3v) is 5.33. The molecule has 0 amide bonds. The average molecular weight is 391 g/mol. The van der Waals surface area contributed by atoms with Crippen LogP contribution < -0.4 is 5.32 Å². The smallest absolute Gasteiger partial charge is 0.302 e. The maximum absolute atomic E-state index is 11.6. The van der Waals surface area contributed by atoms with Gasteiger partial charge >= 0.3 is 5.97 Å². The molecule has 1 aromatic carbocycles. The van der Waals surface area contributed by atoms with Gasteiger partial charge in [0.1, 0.15) is 18.7 Å². The first-order chi connectivity index (χ1) is 14.1. The van der Waals surface area contributed by atoms with Crippen molar-refractivity contribution in [2.75, 3.05) is 5.32 Å². The molecule has 5 rings (SSSR count). The van der Waals surface area contributed by atoms with Gasteiger partial charge in [-0.1, -0.05) is 24.3 Å². The van der Waals surface area contributed by atoms with Crippen molar-refractivity contribution in [3.63, 3.8) is 0 Å². The predicted octanol–water partition coefficient (Wildman–Crippen LogP) is 2.79. The summed E-state index contributed by atoms with van der Waals surface area (Å²) in [5.41, 5.74) is 3.59. The summed E-state index contributed by atoms with van der Waals surface area (Å²) in [6, 6.07) is 7.88. The second-order valence-electron chi connectivity index (χ2n) is 7.34. The lowest BCUT2D eigenvalue weighted by atomic mass is 10.1. The predicted molar refractivity (Wildman–Crippen MR) is 106 cm³/mol. The van der Waals surface area contributed by atoms with E-state index in [0.29, 0.717) is 23.4 Å². The summed E-state index contributed by atoms with van der Waals surface area (Å²) < 4.78 is 13.3. The molecule has 8 nitrogen and oxygen atoms in total. The molecule has 0 bridgehead atoms. The number of carbonyl (C=O) groups excluding carboxylic acids is 1. The summed E-state index contributed by atoms with van der Waals surface area (Å²) in [7, 11) is 0. The highest BCUT2D eigenvalue weighted by Gasteiger charge is 2.35. The van der Waals surface area contributed by atoms with E-state index in [-0.39, 0.29) is 30.4 Å². The van der Waals surface area contributed by atoms with Crippen LogP contribution in [0.1, 0.15) is 37.2 Å². The molecule has 0 unspecified atom stereocenters. The largest absolute Gasteiger partial charge is 0.460 e. The number of benzene rings is 1. The Balaban J connectivity index is 1.49. The normalized spacial score (nSPS) is 25.9. The van der Waals surface area contributed by atoms with Crippen molar-refractivity contribution in [1.82, 2.24) is 19.5 Å². The number of aromatic nitrogens is 4. The molecule has 3 aromatic rings. The van der Waals surface area contributed by atoms with Crippen molar-refractivity contribution in [3.05, 3.63) is 60.9 Å². The van der Waals surface area contributed by atoms with Crippen molar-refractivity contribution in [3.8, 4) is 0 Å². The quantitative estimate of drug-likeness (QED) is 0.684. The zero-order valence-corrected chi connectivity index (χ0v) is 16.1. The lowest BCUT2D eigenvalue weighted by Crippen LogP contribution is -2.27. The zero-order valence-electron chi connectivity index (χ0n) is 16.1. The van der Waals surface area contributed by atoms with Crippen LogP contribution in [0, 0.1) is 12.8 Å². The third kappa shape index (κ3) is 3.23. The van der Waals surface area contributed by atoms with Gasteiger partial charge in [0.2, 0.25) is 0 Å². The first-order valence-electron chi connectivity index (χ1n) is 9.63. The summed E-state index contributed by atoms with van der Waals surface area (Å²) in [5, 5.41) is 3.45. The molecule has 0 spiro atoms. The monoisotopic (exact) mass is 391 g/mol. The maximum Gasteiger partial charge on any atom is 0.302 e. The molecule has 29 heavy (non-hydrogen) atoms. The number of ether oxygens (including phenoxy) is 2. The lowest BCUT2D eigenvalue weighted by Gasteiger charge is -2.22. The molecule has 2 aromatic heterocycles. The first-order valence-corrected chi connectivity index (χ1v) is 9.63. The number of rotatable bonds is 4. The van der Waals surface area contributed by atoms with E-state index in [1.165, 1.54) is 13.3 Å². The number of imidazole rings is 1. The van der Waals surface area contributed by atoms with Crippen LogP contribution in [0.3, 0.4) is 0 Å². The number of esters is 1. The van der Waals surface area contributed by atoms with Gasteiger partial charge in [0.25, 0.3) is 0 Å². The second kappa shape index (κ2) is 7.11. The van der Waals surface area contributed by atoms with Crippen LogP contribution in [-0.2, 0) is 20.7 Å². The number of carbonyl (C=O) groups is 1. The maximum atomic E-state index is 11.6. The Kier molecular flexibility index (Phi) is 4.43. The minimum absolute atomic E-state index is 0.0522. The molecule has 8 heteroatoms. The Morgan fingerprint density at radius 1 is 1.24 bits per heavy atom. The van der Waals surface area contributed by atoms with Gasteiger partial charge in [0.05, 0.1) is 18.5 Å². The standard InChI is InChI=1S/C21H21N5O3/c1-12-7-8-17(28-12)26-11-24-19-20(22-10-23-21(19)26)25-18-15-6-4-3-5-14(15)9-16(18)29-13(2)27/h3-8,10-12,16-18H,9H2,1-2H3,(H,22,23,25)/t12-,16+,17-,18-/m1/s1. The van der Waals surface area contributed by atoms with Gasteiger partial charge in [0, 0.05) is 19.8 Å². The van der Waals surface area contributed by atoms with Crippen molar-refractivity contribution in [2.24, 2.45) is 0 Å². The molecule has 1 saturated heterocycles. The average Bonchev–Trinajstić information content (AvgIpc) is 3.39. The Morgan fingerprint density at radius 3 is 2.90 bits per heavy atom. The fourth-order valence-electron chi connectivity index (χ4n) is 4.06. The van der Waals surface area contributed by atoms with Crippen LogP contribution in [0.5, 0.6) is 0 Å². The number of nitrogens with zero attached hydrogens (tertiary/aromatic N) is 4. The molecular weight excluding hydrogens is 370 g/mol. The number of nitrogens with one attached hydrogen (secondary N) is 1. The molecule has 148 valence electrons. The van der Waals surface area contributed by atoms with E-state index in [1.807, 2.05) is 42.5 Å². The van der Waals surface area contributed by atoms with E-state index in [9.17, 15) is 4.79 Å². The molecule has 4 atom stereocenters. The van der Waals surface area contributed by atoms with E-state index in [2.05, 4.69) is 26.3 Å². The Hall–Kier alpha value is -3.00. The minimum Gasteiger partial charge on any atom is -0.460 e. The number of hydrogen-bond donors (Lipinski definition) is 1. The highest BCUT2D eigenvalue weighted by atomic mass is 16.5. The van der Waals surface area contributed by atoms with Crippen LogP contribution >= 0.6 is 0 Å². The van der Waals surface area contributed by atoms with Crippen molar-refractivity contribution >= 4 is 23.0 Å².